The molecule has 15 heavy (non-hydrogen) atoms. The summed E-state index contributed by atoms with van der Waals surface area (Å²) in [6, 6.07) is 0. The molecule has 84 valence electrons. The van der Waals surface area contributed by atoms with E-state index in [1.165, 1.54) is 13.2 Å². The molecule has 0 atom stereocenters. The highest BCUT2D eigenvalue weighted by atomic mass is 16.6. The van der Waals surface area contributed by atoms with Gasteiger partial charge in [0, 0.05) is 26.4 Å². The van der Waals surface area contributed by atoms with Gasteiger partial charge in [-0.15, -0.1) is 0 Å². The van der Waals surface area contributed by atoms with E-state index in [1.54, 1.807) is 25.2 Å². The number of ether oxygens (including phenoxy) is 1. The first-order valence-electron chi connectivity index (χ1n) is 4.17. The van der Waals surface area contributed by atoms with Crippen molar-refractivity contribution in [3.63, 3.8) is 0 Å². The Labute approximate surface area is 88.1 Å². The second-order valence-corrected chi connectivity index (χ2v) is 2.78. The van der Waals surface area contributed by atoms with E-state index >= 15 is 0 Å². The molecular formula is C9H14N2O4. The standard InChI is InChI=1S/C9H14N2O4/c1-11(2)5-4-8(12)7-15-10-6-9(13)14-3/h4-6H,7H2,1-3H3. The average molecular weight is 214 g/mol. The van der Waals surface area contributed by atoms with Crippen LogP contribution in [0.3, 0.4) is 0 Å². The van der Waals surface area contributed by atoms with E-state index in [0.717, 1.165) is 6.21 Å². The molecule has 0 heterocycles. The Hall–Kier alpha value is -1.85. The molecule has 0 aromatic carbocycles. The van der Waals surface area contributed by atoms with Crippen molar-refractivity contribution in [2.45, 2.75) is 0 Å². The summed E-state index contributed by atoms with van der Waals surface area (Å²) in [5.74, 6) is -0.878. The van der Waals surface area contributed by atoms with Gasteiger partial charge in [0.2, 0.25) is 0 Å². The van der Waals surface area contributed by atoms with E-state index in [1.807, 2.05) is 0 Å². The largest absolute Gasteiger partial charge is 0.465 e. The van der Waals surface area contributed by atoms with Crippen molar-refractivity contribution < 1.29 is 19.2 Å². The van der Waals surface area contributed by atoms with Crippen molar-refractivity contribution in [2.75, 3.05) is 27.8 Å². The molecule has 0 fully saturated rings. The Balaban J connectivity index is 3.73. The highest BCUT2D eigenvalue weighted by Gasteiger charge is 1.96. The molecule has 0 rings (SSSR count). The maximum atomic E-state index is 11.0. The number of carbonyl (C=O) groups excluding carboxylic acids is 2. The number of hydrogen-bond donors (Lipinski definition) is 0. The summed E-state index contributed by atoms with van der Waals surface area (Å²) in [5, 5.41) is 3.24. The summed E-state index contributed by atoms with van der Waals surface area (Å²) in [6.45, 7) is -0.210. The van der Waals surface area contributed by atoms with Crippen molar-refractivity contribution in [3.8, 4) is 0 Å². The van der Waals surface area contributed by atoms with Crippen molar-refractivity contribution >= 4 is 18.0 Å². The summed E-state index contributed by atoms with van der Waals surface area (Å²) >= 11 is 0. The number of rotatable bonds is 6. The first-order valence-corrected chi connectivity index (χ1v) is 4.17. The van der Waals surface area contributed by atoms with Gasteiger partial charge in [-0.25, -0.2) is 4.79 Å². The van der Waals surface area contributed by atoms with Gasteiger partial charge in [0.25, 0.3) is 0 Å². The molecule has 0 aliphatic heterocycles. The molecule has 0 unspecified atom stereocenters. The van der Waals surface area contributed by atoms with Gasteiger partial charge in [-0.2, -0.15) is 0 Å². The first kappa shape index (κ1) is 13.2. The monoisotopic (exact) mass is 214 g/mol. The Morgan fingerprint density at radius 1 is 1.40 bits per heavy atom. The Kier molecular flexibility index (Phi) is 6.61. The van der Waals surface area contributed by atoms with Gasteiger partial charge in [-0.3, -0.25) is 4.79 Å². The molecule has 6 heteroatoms. The van der Waals surface area contributed by atoms with Crippen LogP contribution >= 0.6 is 0 Å². The fraction of sp³-hybridized carbons (Fsp3) is 0.444. The molecule has 0 saturated heterocycles. The topological polar surface area (TPSA) is 68.2 Å². The Bertz CT molecular complexity index is 271. The van der Waals surface area contributed by atoms with Crippen LogP contribution in [0.1, 0.15) is 0 Å². The van der Waals surface area contributed by atoms with E-state index in [4.69, 9.17) is 0 Å². The Morgan fingerprint density at radius 2 is 2.07 bits per heavy atom. The quantitative estimate of drug-likeness (QED) is 0.265. The van der Waals surface area contributed by atoms with Crippen LogP contribution < -0.4 is 0 Å². The lowest BCUT2D eigenvalue weighted by molar-refractivity contribution is -0.132. The predicted molar refractivity (Wildman–Crippen MR) is 54.3 cm³/mol. The van der Waals surface area contributed by atoms with Crippen molar-refractivity contribution in [1.82, 2.24) is 4.90 Å². The smallest absolute Gasteiger partial charge is 0.352 e. The van der Waals surface area contributed by atoms with Crippen LogP contribution in [0.2, 0.25) is 0 Å². The molecule has 6 nitrogen and oxygen atoms in total. The lowest BCUT2D eigenvalue weighted by atomic mass is 10.4. The van der Waals surface area contributed by atoms with Crippen molar-refractivity contribution in [2.24, 2.45) is 5.16 Å². The zero-order chi connectivity index (χ0) is 11.7. The average Bonchev–Trinajstić information content (AvgIpc) is 2.21. The minimum absolute atomic E-state index is 0.210. The lowest BCUT2D eigenvalue weighted by Gasteiger charge is -2.01. The predicted octanol–water partition coefficient (Wildman–Crippen LogP) is -0.194. The van der Waals surface area contributed by atoms with E-state index < -0.39 is 5.97 Å². The molecule has 0 aliphatic rings. The molecule has 0 N–H and O–H groups in total. The van der Waals surface area contributed by atoms with Gasteiger partial charge in [0.05, 0.1) is 7.11 Å². The second-order valence-electron chi connectivity index (χ2n) is 2.78. The molecule has 0 aliphatic carbocycles. The number of ketones is 1. The summed E-state index contributed by atoms with van der Waals surface area (Å²) in [5.41, 5.74) is 0. The fourth-order valence-corrected chi connectivity index (χ4v) is 0.514. The van der Waals surface area contributed by atoms with Gasteiger partial charge >= 0.3 is 5.97 Å². The van der Waals surface area contributed by atoms with Gasteiger partial charge < -0.3 is 14.5 Å². The van der Waals surface area contributed by atoms with E-state index in [-0.39, 0.29) is 12.4 Å². The van der Waals surface area contributed by atoms with E-state index in [0.29, 0.717) is 0 Å². The van der Waals surface area contributed by atoms with Crippen LogP contribution in [-0.2, 0) is 19.2 Å². The van der Waals surface area contributed by atoms with Crippen LogP contribution in [0.5, 0.6) is 0 Å². The highest BCUT2D eigenvalue weighted by molar-refractivity contribution is 6.22. The summed E-state index contributed by atoms with van der Waals surface area (Å²) < 4.78 is 4.26. The van der Waals surface area contributed by atoms with Crippen LogP contribution in [0.15, 0.2) is 17.4 Å². The lowest BCUT2D eigenvalue weighted by Crippen LogP contribution is -2.07. The highest BCUT2D eigenvalue weighted by Crippen LogP contribution is 1.83. The Morgan fingerprint density at radius 3 is 2.60 bits per heavy atom. The molecule has 0 radical (unpaired) electrons. The molecule has 0 bridgehead atoms. The number of oxime groups is 1. The summed E-state index contributed by atoms with van der Waals surface area (Å²) in [7, 11) is 4.80. The molecule has 0 spiro atoms. The third-order valence-electron chi connectivity index (χ3n) is 1.20. The van der Waals surface area contributed by atoms with Crippen LogP contribution in [0.4, 0.5) is 0 Å². The molecule has 0 amide bonds. The number of nitrogens with zero attached hydrogens (tertiary/aromatic N) is 2. The number of hydrogen-bond acceptors (Lipinski definition) is 6. The minimum Gasteiger partial charge on any atom is -0.465 e. The van der Waals surface area contributed by atoms with Gasteiger partial charge in [0.1, 0.15) is 0 Å². The summed E-state index contributed by atoms with van der Waals surface area (Å²) in [6.07, 6.45) is 3.80. The minimum atomic E-state index is -0.633. The molecule has 0 saturated carbocycles. The van der Waals surface area contributed by atoms with Crippen molar-refractivity contribution in [1.29, 1.82) is 0 Å². The maximum absolute atomic E-state index is 11.0. The second kappa shape index (κ2) is 7.54. The SMILES string of the molecule is COC(=O)C=NOCC(=O)C=CN(C)C. The fourth-order valence-electron chi connectivity index (χ4n) is 0.514. The molecular weight excluding hydrogens is 200 g/mol. The van der Waals surface area contributed by atoms with Gasteiger partial charge in [-0.1, -0.05) is 5.16 Å². The normalized spacial score (nSPS) is 10.6. The third kappa shape index (κ3) is 8.48. The van der Waals surface area contributed by atoms with Crippen LogP contribution in [0, 0.1) is 0 Å². The van der Waals surface area contributed by atoms with E-state index in [9.17, 15) is 9.59 Å². The van der Waals surface area contributed by atoms with Crippen LogP contribution in [0.25, 0.3) is 0 Å². The molecule has 0 aromatic heterocycles. The number of carbonyl (C=O) groups is 2. The summed E-state index contributed by atoms with van der Waals surface area (Å²) in [4.78, 5) is 27.8. The first-order chi connectivity index (χ1) is 7.06. The number of esters is 1. The van der Waals surface area contributed by atoms with Crippen LogP contribution in [-0.4, -0.2) is 50.7 Å². The zero-order valence-electron chi connectivity index (χ0n) is 8.97. The van der Waals surface area contributed by atoms with Gasteiger partial charge in [-0.05, 0) is 0 Å². The third-order valence-corrected chi connectivity index (χ3v) is 1.20. The van der Waals surface area contributed by atoms with E-state index in [2.05, 4.69) is 14.7 Å². The molecule has 0 aromatic rings. The maximum Gasteiger partial charge on any atom is 0.352 e. The van der Waals surface area contributed by atoms with Gasteiger partial charge in [0.15, 0.2) is 18.6 Å². The van der Waals surface area contributed by atoms with Crippen molar-refractivity contribution in [3.05, 3.63) is 12.3 Å². The number of methoxy groups -OCH3 is 1. The zero-order valence-corrected chi connectivity index (χ0v) is 8.97.